The minimum atomic E-state index is -0.463. The van der Waals surface area contributed by atoms with Crippen LogP contribution in [0.5, 0.6) is 0 Å². The number of nitro groups is 1. The van der Waals surface area contributed by atoms with Crippen LogP contribution in [0.25, 0.3) is 0 Å². The maximum absolute atomic E-state index is 12.7. The van der Waals surface area contributed by atoms with Crippen LogP contribution < -0.4 is 0 Å². The number of likely N-dealkylation sites (tertiary alicyclic amines) is 1. The predicted octanol–water partition coefficient (Wildman–Crippen LogP) is 3.66. The average molecular weight is 374 g/mol. The average Bonchev–Trinajstić information content (AvgIpc) is 3.09. The van der Waals surface area contributed by atoms with Crippen molar-refractivity contribution in [3.8, 4) is 0 Å². The minimum Gasteiger partial charge on any atom is -0.338 e. The Kier molecular flexibility index (Phi) is 5.61. The number of aromatic nitrogens is 2. The Morgan fingerprint density at radius 2 is 2.08 bits per heavy atom. The van der Waals surface area contributed by atoms with Crippen LogP contribution in [0.2, 0.25) is 0 Å². The SMILES string of the molecule is CC(C)Cc1nnc(C2CCCN(C(=O)c3ccc([N+](=O)[O-])cc3)C2)s1. The first-order valence-corrected chi connectivity index (χ1v) is 9.61. The third kappa shape index (κ3) is 4.24. The lowest BCUT2D eigenvalue weighted by atomic mass is 9.98. The van der Waals surface area contributed by atoms with Crippen LogP contribution in [0, 0.1) is 16.0 Å². The highest BCUT2D eigenvalue weighted by molar-refractivity contribution is 7.11. The molecule has 0 N–H and O–H groups in total. The zero-order valence-electron chi connectivity index (χ0n) is 14.9. The van der Waals surface area contributed by atoms with Gasteiger partial charge >= 0.3 is 0 Å². The largest absolute Gasteiger partial charge is 0.338 e. The topological polar surface area (TPSA) is 89.2 Å². The molecule has 26 heavy (non-hydrogen) atoms. The number of nitrogens with zero attached hydrogens (tertiary/aromatic N) is 4. The van der Waals surface area contributed by atoms with Gasteiger partial charge in [0, 0.05) is 43.1 Å². The molecule has 0 saturated carbocycles. The quantitative estimate of drug-likeness (QED) is 0.588. The Bertz CT molecular complexity index is 788. The molecule has 0 spiro atoms. The van der Waals surface area contributed by atoms with Crippen molar-refractivity contribution in [1.29, 1.82) is 0 Å². The summed E-state index contributed by atoms with van der Waals surface area (Å²) in [6.07, 6.45) is 2.85. The molecular formula is C18H22N4O3S. The summed E-state index contributed by atoms with van der Waals surface area (Å²) >= 11 is 1.65. The second-order valence-corrected chi connectivity index (χ2v) is 8.12. The second kappa shape index (κ2) is 7.90. The van der Waals surface area contributed by atoms with Gasteiger partial charge in [-0.1, -0.05) is 13.8 Å². The smallest absolute Gasteiger partial charge is 0.269 e. The molecule has 1 atom stereocenters. The molecule has 1 amide bonds. The van der Waals surface area contributed by atoms with Gasteiger partial charge in [0.05, 0.1) is 4.92 Å². The molecule has 1 aromatic carbocycles. The van der Waals surface area contributed by atoms with E-state index in [1.165, 1.54) is 24.3 Å². The fourth-order valence-electron chi connectivity index (χ4n) is 3.13. The van der Waals surface area contributed by atoms with E-state index in [9.17, 15) is 14.9 Å². The third-order valence-corrected chi connectivity index (χ3v) is 5.56. The van der Waals surface area contributed by atoms with Gasteiger partial charge in [0.2, 0.25) is 0 Å². The Morgan fingerprint density at radius 3 is 2.73 bits per heavy atom. The third-order valence-electron chi connectivity index (χ3n) is 4.45. The Morgan fingerprint density at radius 1 is 1.35 bits per heavy atom. The van der Waals surface area contributed by atoms with E-state index in [0.717, 1.165) is 29.3 Å². The van der Waals surface area contributed by atoms with E-state index in [1.54, 1.807) is 11.3 Å². The fraction of sp³-hybridized carbons (Fsp3) is 0.500. The van der Waals surface area contributed by atoms with E-state index in [0.29, 0.717) is 24.6 Å². The molecule has 1 unspecified atom stereocenters. The highest BCUT2D eigenvalue weighted by Crippen LogP contribution is 2.30. The summed E-state index contributed by atoms with van der Waals surface area (Å²) in [4.78, 5) is 24.8. The standard InChI is InChI=1S/C18H22N4O3S/c1-12(2)10-16-19-20-17(26-16)14-4-3-9-21(11-14)18(23)13-5-7-15(8-6-13)22(24)25/h5-8,12,14H,3-4,9-11H2,1-2H3. The fourth-order valence-corrected chi connectivity index (χ4v) is 4.32. The van der Waals surface area contributed by atoms with Crippen LogP contribution in [0.1, 0.15) is 53.0 Å². The molecule has 1 fully saturated rings. The van der Waals surface area contributed by atoms with Crippen molar-refractivity contribution in [3.63, 3.8) is 0 Å². The normalized spacial score (nSPS) is 17.5. The van der Waals surface area contributed by atoms with Crippen LogP contribution in [0.4, 0.5) is 5.69 Å². The van der Waals surface area contributed by atoms with Crippen LogP contribution in [0.15, 0.2) is 24.3 Å². The van der Waals surface area contributed by atoms with E-state index < -0.39 is 4.92 Å². The molecule has 7 nitrogen and oxygen atoms in total. The van der Waals surface area contributed by atoms with Gasteiger partial charge in [-0.3, -0.25) is 14.9 Å². The Balaban J connectivity index is 1.68. The highest BCUT2D eigenvalue weighted by atomic mass is 32.1. The first-order valence-electron chi connectivity index (χ1n) is 8.80. The van der Waals surface area contributed by atoms with Gasteiger partial charge in [-0.05, 0) is 30.9 Å². The molecule has 3 rings (SSSR count). The van der Waals surface area contributed by atoms with Crippen molar-refractivity contribution in [2.24, 2.45) is 5.92 Å². The number of carbonyl (C=O) groups is 1. The molecule has 1 aromatic heterocycles. The maximum atomic E-state index is 12.7. The lowest BCUT2D eigenvalue weighted by Crippen LogP contribution is -2.39. The summed E-state index contributed by atoms with van der Waals surface area (Å²) in [6, 6.07) is 5.79. The van der Waals surface area contributed by atoms with Gasteiger partial charge in [0.1, 0.15) is 10.0 Å². The molecule has 1 saturated heterocycles. The number of benzene rings is 1. The minimum absolute atomic E-state index is 0.00962. The summed E-state index contributed by atoms with van der Waals surface area (Å²) in [7, 11) is 0. The molecular weight excluding hydrogens is 352 g/mol. The number of carbonyl (C=O) groups excluding carboxylic acids is 1. The number of rotatable bonds is 5. The van der Waals surface area contributed by atoms with Crippen molar-refractivity contribution in [2.75, 3.05) is 13.1 Å². The Labute approximate surface area is 156 Å². The van der Waals surface area contributed by atoms with Crippen LogP contribution in [0.3, 0.4) is 0 Å². The van der Waals surface area contributed by atoms with E-state index in [4.69, 9.17) is 0 Å². The number of piperidine rings is 1. The predicted molar refractivity (Wildman–Crippen MR) is 99.4 cm³/mol. The number of amides is 1. The van der Waals surface area contributed by atoms with Crippen LogP contribution >= 0.6 is 11.3 Å². The molecule has 0 radical (unpaired) electrons. The summed E-state index contributed by atoms with van der Waals surface area (Å²) in [5.74, 6) is 0.669. The Hall–Kier alpha value is -2.35. The molecule has 8 heteroatoms. The summed E-state index contributed by atoms with van der Waals surface area (Å²) in [5, 5.41) is 21.4. The van der Waals surface area contributed by atoms with E-state index >= 15 is 0 Å². The van der Waals surface area contributed by atoms with Crippen molar-refractivity contribution in [3.05, 3.63) is 50.0 Å². The number of non-ortho nitro benzene ring substituents is 1. The highest BCUT2D eigenvalue weighted by Gasteiger charge is 2.28. The zero-order chi connectivity index (χ0) is 18.7. The lowest BCUT2D eigenvalue weighted by molar-refractivity contribution is -0.384. The first kappa shape index (κ1) is 18.4. The van der Waals surface area contributed by atoms with Gasteiger partial charge in [-0.2, -0.15) is 0 Å². The number of nitro benzene ring substituents is 1. The molecule has 2 heterocycles. The van der Waals surface area contributed by atoms with Crippen LogP contribution in [-0.4, -0.2) is 39.0 Å². The van der Waals surface area contributed by atoms with Gasteiger partial charge in [0.25, 0.3) is 11.6 Å². The van der Waals surface area contributed by atoms with Gasteiger partial charge < -0.3 is 4.90 Å². The maximum Gasteiger partial charge on any atom is 0.269 e. The molecule has 2 aromatic rings. The number of hydrogen-bond donors (Lipinski definition) is 0. The van der Waals surface area contributed by atoms with Crippen molar-refractivity contribution < 1.29 is 9.72 Å². The summed E-state index contributed by atoms with van der Waals surface area (Å²) < 4.78 is 0. The second-order valence-electron chi connectivity index (χ2n) is 7.03. The van der Waals surface area contributed by atoms with Crippen molar-refractivity contribution in [1.82, 2.24) is 15.1 Å². The van der Waals surface area contributed by atoms with E-state index in [1.807, 2.05) is 4.90 Å². The molecule has 0 bridgehead atoms. The van der Waals surface area contributed by atoms with E-state index in [2.05, 4.69) is 24.0 Å². The molecule has 0 aliphatic carbocycles. The van der Waals surface area contributed by atoms with Gasteiger partial charge in [0.15, 0.2) is 0 Å². The molecule has 1 aliphatic rings. The van der Waals surface area contributed by atoms with E-state index in [-0.39, 0.29) is 17.5 Å². The van der Waals surface area contributed by atoms with Gasteiger partial charge in [-0.25, -0.2) is 0 Å². The van der Waals surface area contributed by atoms with Gasteiger partial charge in [-0.15, -0.1) is 21.5 Å². The summed E-state index contributed by atoms with van der Waals surface area (Å²) in [5.41, 5.74) is 0.471. The summed E-state index contributed by atoms with van der Waals surface area (Å²) in [6.45, 7) is 5.63. The first-order chi connectivity index (χ1) is 12.4. The molecule has 1 aliphatic heterocycles. The van der Waals surface area contributed by atoms with Crippen molar-refractivity contribution in [2.45, 2.75) is 39.0 Å². The lowest BCUT2D eigenvalue weighted by Gasteiger charge is -2.31. The number of hydrogen-bond acceptors (Lipinski definition) is 6. The van der Waals surface area contributed by atoms with Crippen LogP contribution in [-0.2, 0) is 6.42 Å². The zero-order valence-corrected chi connectivity index (χ0v) is 15.7. The van der Waals surface area contributed by atoms with Crippen molar-refractivity contribution >= 4 is 22.9 Å². The monoisotopic (exact) mass is 374 g/mol. The molecule has 138 valence electrons.